The fraction of sp³-hybridized carbons (Fsp3) is 0.500. The van der Waals surface area contributed by atoms with Gasteiger partial charge < -0.3 is 4.57 Å². The number of rotatable bonds is 4. The highest BCUT2D eigenvalue weighted by molar-refractivity contribution is 6.16. The van der Waals surface area contributed by atoms with E-state index in [1.165, 1.54) is 11.1 Å². The third-order valence-corrected chi connectivity index (χ3v) is 4.18. The second-order valence-corrected chi connectivity index (χ2v) is 6.25. The van der Waals surface area contributed by atoms with E-state index in [-0.39, 0.29) is 0 Å². The SMILES string of the molecule is CC(C)Cn1c(CCl)nnc1C1Cc2ccccc2C1. The van der Waals surface area contributed by atoms with E-state index < -0.39 is 0 Å². The van der Waals surface area contributed by atoms with Gasteiger partial charge in [0.05, 0.1) is 5.88 Å². The molecule has 0 fully saturated rings. The summed E-state index contributed by atoms with van der Waals surface area (Å²) in [5, 5.41) is 8.71. The fourth-order valence-corrected chi connectivity index (χ4v) is 3.25. The Balaban J connectivity index is 1.90. The van der Waals surface area contributed by atoms with E-state index in [2.05, 4.69) is 52.9 Å². The number of hydrogen-bond acceptors (Lipinski definition) is 2. The molecule has 1 aromatic heterocycles. The van der Waals surface area contributed by atoms with Gasteiger partial charge in [-0.1, -0.05) is 38.1 Å². The summed E-state index contributed by atoms with van der Waals surface area (Å²) in [4.78, 5) is 0. The summed E-state index contributed by atoms with van der Waals surface area (Å²) in [5.41, 5.74) is 2.90. The number of nitrogens with zero attached hydrogens (tertiary/aromatic N) is 3. The molecule has 1 aliphatic rings. The van der Waals surface area contributed by atoms with Crippen molar-refractivity contribution in [3.63, 3.8) is 0 Å². The van der Waals surface area contributed by atoms with E-state index in [0.29, 0.717) is 17.7 Å². The monoisotopic (exact) mass is 289 g/mol. The van der Waals surface area contributed by atoms with E-state index in [9.17, 15) is 0 Å². The van der Waals surface area contributed by atoms with Crippen molar-refractivity contribution in [1.29, 1.82) is 0 Å². The van der Waals surface area contributed by atoms with Gasteiger partial charge in [0.1, 0.15) is 11.6 Å². The van der Waals surface area contributed by atoms with Crippen LogP contribution in [0, 0.1) is 5.92 Å². The Morgan fingerprint density at radius 1 is 1.20 bits per heavy atom. The number of hydrogen-bond donors (Lipinski definition) is 0. The van der Waals surface area contributed by atoms with Gasteiger partial charge in [0.15, 0.2) is 0 Å². The van der Waals surface area contributed by atoms with E-state index in [0.717, 1.165) is 31.0 Å². The Hall–Kier alpha value is -1.35. The average Bonchev–Trinajstić information content (AvgIpc) is 3.00. The smallest absolute Gasteiger partial charge is 0.147 e. The molecule has 1 heterocycles. The summed E-state index contributed by atoms with van der Waals surface area (Å²) < 4.78 is 2.23. The van der Waals surface area contributed by atoms with E-state index in [1.54, 1.807) is 0 Å². The van der Waals surface area contributed by atoms with Crippen LogP contribution in [0.1, 0.15) is 42.5 Å². The third-order valence-electron chi connectivity index (χ3n) is 3.94. The van der Waals surface area contributed by atoms with Gasteiger partial charge in [0, 0.05) is 12.5 Å². The van der Waals surface area contributed by atoms with E-state index in [1.807, 2.05) is 0 Å². The van der Waals surface area contributed by atoms with Crippen molar-refractivity contribution in [2.24, 2.45) is 5.92 Å². The minimum atomic E-state index is 0.430. The van der Waals surface area contributed by atoms with Crippen molar-refractivity contribution in [2.45, 2.75) is 45.0 Å². The molecular formula is C16H20ClN3. The molecule has 0 saturated carbocycles. The Morgan fingerprint density at radius 3 is 2.40 bits per heavy atom. The fourth-order valence-electron chi connectivity index (χ4n) is 3.06. The van der Waals surface area contributed by atoms with Crippen molar-refractivity contribution in [3.05, 3.63) is 47.0 Å². The van der Waals surface area contributed by atoms with Crippen LogP contribution >= 0.6 is 11.6 Å². The molecule has 0 unspecified atom stereocenters. The second-order valence-electron chi connectivity index (χ2n) is 5.99. The van der Waals surface area contributed by atoms with Crippen molar-refractivity contribution >= 4 is 11.6 Å². The molecule has 0 saturated heterocycles. The topological polar surface area (TPSA) is 30.7 Å². The Labute approximate surface area is 125 Å². The maximum atomic E-state index is 6.00. The van der Waals surface area contributed by atoms with Gasteiger partial charge in [-0.05, 0) is 29.9 Å². The quantitative estimate of drug-likeness (QED) is 0.806. The summed E-state index contributed by atoms with van der Waals surface area (Å²) in [7, 11) is 0. The summed E-state index contributed by atoms with van der Waals surface area (Å²) in [6.07, 6.45) is 2.13. The van der Waals surface area contributed by atoms with Gasteiger partial charge in [-0.3, -0.25) is 0 Å². The summed E-state index contributed by atoms with van der Waals surface area (Å²) in [5.74, 6) is 3.43. The maximum Gasteiger partial charge on any atom is 0.147 e. The van der Waals surface area contributed by atoms with Crippen LogP contribution in [0.2, 0.25) is 0 Å². The molecule has 0 atom stereocenters. The van der Waals surface area contributed by atoms with Crippen LogP contribution in [0.5, 0.6) is 0 Å². The molecule has 1 aliphatic carbocycles. The molecular weight excluding hydrogens is 270 g/mol. The number of halogens is 1. The van der Waals surface area contributed by atoms with Crippen molar-refractivity contribution < 1.29 is 0 Å². The lowest BCUT2D eigenvalue weighted by atomic mass is 10.1. The molecule has 106 valence electrons. The summed E-state index contributed by atoms with van der Waals surface area (Å²) in [6, 6.07) is 8.68. The summed E-state index contributed by atoms with van der Waals surface area (Å²) >= 11 is 6.00. The maximum absolute atomic E-state index is 6.00. The lowest BCUT2D eigenvalue weighted by Gasteiger charge is -2.15. The first kappa shape index (κ1) is 13.6. The molecule has 0 spiro atoms. The first-order valence-electron chi connectivity index (χ1n) is 7.23. The van der Waals surface area contributed by atoms with Crippen molar-refractivity contribution in [3.8, 4) is 0 Å². The van der Waals surface area contributed by atoms with Crippen molar-refractivity contribution in [2.75, 3.05) is 0 Å². The molecule has 0 amide bonds. The zero-order valence-corrected chi connectivity index (χ0v) is 12.8. The molecule has 0 bridgehead atoms. The normalized spacial score (nSPS) is 15.0. The zero-order valence-electron chi connectivity index (χ0n) is 12.0. The molecule has 3 nitrogen and oxygen atoms in total. The van der Waals surface area contributed by atoms with Crippen LogP contribution in [0.3, 0.4) is 0 Å². The average molecular weight is 290 g/mol. The lowest BCUT2D eigenvalue weighted by molar-refractivity contribution is 0.481. The van der Waals surface area contributed by atoms with Gasteiger partial charge in [0.2, 0.25) is 0 Å². The molecule has 0 aliphatic heterocycles. The molecule has 3 rings (SSSR count). The molecule has 0 radical (unpaired) electrons. The standard InChI is InChI=1S/C16H20ClN3/c1-11(2)10-20-15(9-17)18-19-16(20)14-7-12-5-3-4-6-13(12)8-14/h3-6,11,14H,7-10H2,1-2H3. The summed E-state index contributed by atoms with van der Waals surface area (Å²) in [6.45, 7) is 5.37. The van der Waals surface area contributed by atoms with Crippen molar-refractivity contribution in [1.82, 2.24) is 14.8 Å². The largest absolute Gasteiger partial charge is 0.313 e. The van der Waals surface area contributed by atoms with E-state index in [4.69, 9.17) is 11.6 Å². The predicted octanol–water partition coefficient (Wildman–Crippen LogP) is 3.56. The first-order valence-corrected chi connectivity index (χ1v) is 7.77. The van der Waals surface area contributed by atoms with Gasteiger partial charge in [-0.15, -0.1) is 21.8 Å². The van der Waals surface area contributed by atoms with Crippen LogP contribution in [-0.4, -0.2) is 14.8 Å². The molecule has 20 heavy (non-hydrogen) atoms. The second kappa shape index (κ2) is 5.57. The molecule has 2 aromatic rings. The number of aromatic nitrogens is 3. The molecule has 0 N–H and O–H groups in total. The van der Waals surface area contributed by atoms with Crippen LogP contribution in [-0.2, 0) is 25.3 Å². The lowest BCUT2D eigenvalue weighted by Crippen LogP contribution is -2.14. The van der Waals surface area contributed by atoms with Crippen LogP contribution in [0.4, 0.5) is 0 Å². The molecule has 1 aromatic carbocycles. The molecule has 4 heteroatoms. The number of alkyl halides is 1. The van der Waals surface area contributed by atoms with Gasteiger partial charge >= 0.3 is 0 Å². The van der Waals surface area contributed by atoms with E-state index >= 15 is 0 Å². The van der Waals surface area contributed by atoms with Crippen LogP contribution in [0.15, 0.2) is 24.3 Å². The highest BCUT2D eigenvalue weighted by Gasteiger charge is 2.27. The Kier molecular flexibility index (Phi) is 3.79. The highest BCUT2D eigenvalue weighted by Crippen LogP contribution is 2.33. The van der Waals surface area contributed by atoms with Gasteiger partial charge in [-0.2, -0.15) is 0 Å². The minimum absolute atomic E-state index is 0.430. The predicted molar refractivity (Wildman–Crippen MR) is 81.0 cm³/mol. The number of fused-ring (bicyclic) bond motifs is 1. The zero-order chi connectivity index (χ0) is 14.1. The van der Waals surface area contributed by atoms with Crippen LogP contribution in [0.25, 0.3) is 0 Å². The first-order chi connectivity index (χ1) is 9.69. The number of benzene rings is 1. The Bertz CT molecular complexity index is 579. The van der Waals surface area contributed by atoms with Gasteiger partial charge in [-0.25, -0.2) is 0 Å². The van der Waals surface area contributed by atoms with Gasteiger partial charge in [0.25, 0.3) is 0 Å². The van der Waals surface area contributed by atoms with Crippen LogP contribution < -0.4 is 0 Å². The third kappa shape index (κ3) is 2.47. The Morgan fingerprint density at radius 2 is 1.85 bits per heavy atom. The highest BCUT2D eigenvalue weighted by atomic mass is 35.5. The minimum Gasteiger partial charge on any atom is -0.313 e.